The topological polar surface area (TPSA) is 70.2 Å². The Kier molecular flexibility index (Phi) is 4.29. The van der Waals surface area contributed by atoms with Crippen LogP contribution < -0.4 is 4.74 Å². The maximum absolute atomic E-state index is 12.2. The number of aromatic nitrogens is 2. The highest BCUT2D eigenvalue weighted by atomic mass is 35.5. The van der Waals surface area contributed by atoms with Crippen LogP contribution in [0.15, 0.2) is 18.2 Å². The third kappa shape index (κ3) is 3.22. The highest BCUT2D eigenvalue weighted by molar-refractivity contribution is 6.37. The van der Waals surface area contributed by atoms with E-state index < -0.39 is 11.5 Å². The van der Waals surface area contributed by atoms with E-state index in [0.29, 0.717) is 0 Å². The van der Waals surface area contributed by atoms with Crippen molar-refractivity contribution >= 4 is 28.9 Å². The first-order chi connectivity index (χ1) is 9.79. The average Bonchev–Trinajstić information content (AvgIpc) is 2.69. The third-order valence-corrected chi connectivity index (χ3v) is 3.17. The summed E-state index contributed by atoms with van der Waals surface area (Å²) in [5.41, 5.74) is -0.0246. The van der Waals surface area contributed by atoms with Crippen molar-refractivity contribution in [3.8, 4) is 17.1 Å². The molecule has 2 rings (SSSR count). The predicted octanol–water partition coefficient (Wildman–Crippen LogP) is 3.90. The molecule has 0 unspecified atom stereocenters. The first kappa shape index (κ1) is 15.5. The molecule has 0 aliphatic rings. The molecule has 0 radical (unpaired) electrons. The van der Waals surface area contributed by atoms with Gasteiger partial charge in [0.25, 0.3) is 5.69 Å². The molecule has 0 spiro atoms. The van der Waals surface area contributed by atoms with Crippen LogP contribution in [-0.4, -0.2) is 21.3 Å². The molecule has 0 N–H and O–H groups in total. The fourth-order valence-corrected chi connectivity index (χ4v) is 2.21. The van der Waals surface area contributed by atoms with Crippen LogP contribution in [-0.2, 0) is 7.05 Å². The van der Waals surface area contributed by atoms with Crippen molar-refractivity contribution < 1.29 is 18.4 Å². The molecule has 0 saturated heterocycles. The van der Waals surface area contributed by atoms with E-state index >= 15 is 0 Å². The predicted molar refractivity (Wildman–Crippen MR) is 72.0 cm³/mol. The van der Waals surface area contributed by atoms with Gasteiger partial charge in [-0.25, -0.2) is 4.68 Å². The minimum atomic E-state index is -3.01. The van der Waals surface area contributed by atoms with E-state index in [1.807, 2.05) is 0 Å². The Bertz CT molecular complexity index is 706. The van der Waals surface area contributed by atoms with E-state index in [1.54, 1.807) is 0 Å². The normalized spacial score (nSPS) is 11.0. The minimum Gasteiger partial charge on any atom is -0.417 e. The zero-order valence-corrected chi connectivity index (χ0v) is 11.9. The van der Waals surface area contributed by atoms with Gasteiger partial charge in [0.15, 0.2) is 0 Å². The number of nitro groups is 1. The molecule has 1 aromatic carbocycles. The Morgan fingerprint density at radius 1 is 1.33 bits per heavy atom. The second-order valence-corrected chi connectivity index (χ2v) is 4.72. The Morgan fingerprint density at radius 2 is 2.00 bits per heavy atom. The van der Waals surface area contributed by atoms with Gasteiger partial charge in [-0.2, -0.15) is 13.9 Å². The number of nitro benzene ring substituents is 1. The van der Waals surface area contributed by atoms with Crippen LogP contribution in [0.25, 0.3) is 11.3 Å². The van der Waals surface area contributed by atoms with Gasteiger partial charge in [0.2, 0.25) is 5.88 Å². The van der Waals surface area contributed by atoms with Gasteiger partial charge >= 0.3 is 6.61 Å². The van der Waals surface area contributed by atoms with Crippen molar-refractivity contribution in [2.45, 2.75) is 6.61 Å². The van der Waals surface area contributed by atoms with Crippen LogP contribution in [0.1, 0.15) is 0 Å². The summed E-state index contributed by atoms with van der Waals surface area (Å²) < 4.78 is 29.8. The van der Waals surface area contributed by atoms with Crippen molar-refractivity contribution in [2.75, 3.05) is 0 Å². The third-order valence-electron chi connectivity index (χ3n) is 2.56. The summed E-state index contributed by atoms with van der Waals surface area (Å²) in [6, 6.07) is 3.52. The van der Waals surface area contributed by atoms with Crippen molar-refractivity contribution in [3.05, 3.63) is 38.4 Å². The smallest absolute Gasteiger partial charge is 0.388 e. The maximum atomic E-state index is 12.2. The van der Waals surface area contributed by atoms with Crippen molar-refractivity contribution in [1.82, 2.24) is 9.78 Å². The number of hydrogen-bond acceptors (Lipinski definition) is 4. The summed E-state index contributed by atoms with van der Waals surface area (Å²) in [4.78, 5) is 10.2. The molecule has 6 nitrogen and oxygen atoms in total. The molecule has 0 fully saturated rings. The number of aryl methyl sites for hydroxylation is 1. The lowest BCUT2D eigenvalue weighted by Crippen LogP contribution is -2.05. The first-order valence-corrected chi connectivity index (χ1v) is 6.18. The zero-order chi connectivity index (χ0) is 15.7. The quantitative estimate of drug-likeness (QED) is 0.626. The minimum absolute atomic E-state index is 0.104. The molecule has 0 aliphatic carbocycles. The number of halogens is 4. The largest absolute Gasteiger partial charge is 0.417 e. The summed E-state index contributed by atoms with van der Waals surface area (Å²) in [6.07, 6.45) is 0. The fraction of sp³-hybridized carbons (Fsp3) is 0.182. The molecular formula is C11H7Cl2F2N3O3. The number of hydrogen-bond donors (Lipinski definition) is 0. The van der Waals surface area contributed by atoms with E-state index in [1.165, 1.54) is 19.2 Å². The number of ether oxygens (including phenoxy) is 1. The van der Waals surface area contributed by atoms with E-state index in [2.05, 4.69) is 9.84 Å². The molecule has 0 bridgehead atoms. The molecule has 0 saturated carbocycles. The Balaban J connectivity index is 2.51. The lowest BCUT2D eigenvalue weighted by atomic mass is 10.1. The van der Waals surface area contributed by atoms with Gasteiger partial charge in [-0.05, 0) is 6.07 Å². The Labute approximate surface area is 127 Å². The lowest BCUT2D eigenvalue weighted by molar-refractivity contribution is -0.384. The van der Waals surface area contributed by atoms with Gasteiger partial charge in [-0.3, -0.25) is 10.1 Å². The van der Waals surface area contributed by atoms with Gasteiger partial charge in [0, 0.05) is 24.7 Å². The molecule has 21 heavy (non-hydrogen) atoms. The number of rotatable bonds is 4. The molecule has 0 amide bonds. The fourth-order valence-electron chi connectivity index (χ4n) is 1.66. The van der Waals surface area contributed by atoms with E-state index in [0.717, 1.165) is 10.7 Å². The average molecular weight is 338 g/mol. The molecule has 1 heterocycles. The van der Waals surface area contributed by atoms with Crippen molar-refractivity contribution in [1.29, 1.82) is 0 Å². The van der Waals surface area contributed by atoms with E-state index in [4.69, 9.17) is 23.2 Å². The highest BCUT2D eigenvalue weighted by Crippen LogP contribution is 2.37. The second-order valence-electron chi connectivity index (χ2n) is 3.91. The van der Waals surface area contributed by atoms with Gasteiger partial charge in [0.1, 0.15) is 5.02 Å². The lowest BCUT2D eigenvalue weighted by Gasteiger charge is -2.02. The van der Waals surface area contributed by atoms with Gasteiger partial charge in [0.05, 0.1) is 15.6 Å². The van der Waals surface area contributed by atoms with Gasteiger partial charge < -0.3 is 4.74 Å². The molecule has 0 atom stereocenters. The highest BCUT2D eigenvalue weighted by Gasteiger charge is 2.20. The van der Waals surface area contributed by atoms with E-state index in [-0.39, 0.29) is 32.9 Å². The van der Waals surface area contributed by atoms with Crippen LogP contribution in [0.2, 0.25) is 10.0 Å². The van der Waals surface area contributed by atoms with Crippen molar-refractivity contribution in [3.63, 3.8) is 0 Å². The summed E-state index contributed by atoms with van der Waals surface area (Å²) >= 11 is 11.7. The molecule has 1 aromatic heterocycles. The van der Waals surface area contributed by atoms with Crippen LogP contribution in [0.5, 0.6) is 5.88 Å². The molecule has 10 heteroatoms. The number of alkyl halides is 2. The first-order valence-electron chi connectivity index (χ1n) is 5.42. The van der Waals surface area contributed by atoms with Crippen LogP contribution in [0.3, 0.4) is 0 Å². The molecule has 112 valence electrons. The van der Waals surface area contributed by atoms with Crippen LogP contribution in [0, 0.1) is 10.1 Å². The summed E-state index contributed by atoms with van der Waals surface area (Å²) in [6.45, 7) is -3.01. The molecule has 0 aliphatic heterocycles. The van der Waals surface area contributed by atoms with Crippen LogP contribution in [0.4, 0.5) is 14.5 Å². The zero-order valence-electron chi connectivity index (χ0n) is 10.4. The standard InChI is InChI=1S/C11H7Cl2F2N3O3/c1-17-10(21-11(14)15)4-8(16-17)5-2-9(18(19)20)7(13)3-6(5)12/h2-4,11H,1H3. The van der Waals surface area contributed by atoms with Crippen molar-refractivity contribution in [2.24, 2.45) is 7.05 Å². The van der Waals surface area contributed by atoms with E-state index in [9.17, 15) is 18.9 Å². The summed E-state index contributed by atoms with van der Waals surface area (Å²) in [7, 11) is 1.39. The monoisotopic (exact) mass is 337 g/mol. The summed E-state index contributed by atoms with van der Waals surface area (Å²) in [5, 5.41) is 14.8. The summed E-state index contributed by atoms with van der Waals surface area (Å²) in [5.74, 6) is -0.200. The second kappa shape index (κ2) is 5.82. The maximum Gasteiger partial charge on any atom is 0.388 e. The molecular weight excluding hydrogens is 331 g/mol. The molecule has 2 aromatic rings. The van der Waals surface area contributed by atoms with Crippen LogP contribution >= 0.6 is 23.2 Å². The SMILES string of the molecule is Cn1nc(-c2cc([N+](=O)[O-])c(Cl)cc2Cl)cc1OC(F)F. The Morgan fingerprint density at radius 3 is 2.57 bits per heavy atom. The number of benzene rings is 1. The number of nitrogens with zero attached hydrogens (tertiary/aromatic N) is 3. The van der Waals surface area contributed by atoms with Gasteiger partial charge in [-0.1, -0.05) is 23.2 Å². The van der Waals surface area contributed by atoms with Gasteiger partial charge in [-0.15, -0.1) is 0 Å². The Hall–Kier alpha value is -1.93.